The monoisotopic (exact) mass is 444 g/mol. The highest BCUT2D eigenvalue weighted by Gasteiger charge is 2.19. The summed E-state index contributed by atoms with van der Waals surface area (Å²) in [6, 6.07) is 3.99. The van der Waals surface area contributed by atoms with E-state index in [0.29, 0.717) is 5.38 Å². The molecular weight excluding hydrogens is 412 g/mol. The van der Waals surface area contributed by atoms with Crippen molar-refractivity contribution in [3.05, 3.63) is 34.5 Å². The average Bonchev–Trinajstić information content (AvgIpc) is 3.31. The quantitative estimate of drug-likeness (QED) is 0.195. The summed E-state index contributed by atoms with van der Waals surface area (Å²) in [5.41, 5.74) is 0. The summed E-state index contributed by atoms with van der Waals surface area (Å²) in [6.07, 6.45) is 20.5. The minimum atomic E-state index is -0.744. The predicted molar refractivity (Wildman–Crippen MR) is 124 cm³/mol. The number of aliphatic carboxylic acids is 1. The van der Waals surface area contributed by atoms with E-state index < -0.39 is 5.97 Å². The number of unbranched alkanes of at least 4 members (excludes halogenated alkanes) is 2. The van der Waals surface area contributed by atoms with Gasteiger partial charge in [0.25, 0.3) is 0 Å². The number of rotatable bonds is 10. The number of terminal acetylenes is 1. The molecule has 0 aromatic carbocycles. The van der Waals surface area contributed by atoms with Gasteiger partial charge in [-0.3, -0.25) is 4.79 Å². The third kappa shape index (κ3) is 16.1. The molecule has 1 saturated carbocycles. The fourth-order valence-electron chi connectivity index (χ4n) is 2.76. The molecule has 1 aromatic heterocycles. The van der Waals surface area contributed by atoms with Crippen molar-refractivity contribution in [2.75, 3.05) is 5.75 Å². The number of allylic oxidation sites excluding steroid dienone is 2. The van der Waals surface area contributed by atoms with E-state index in [1.54, 1.807) is 11.3 Å². The number of hydrogen-bond acceptors (Lipinski definition) is 4. The maximum atomic E-state index is 10.1. The molecule has 2 N–H and O–H groups in total. The Bertz CT molecular complexity index is 541. The van der Waals surface area contributed by atoms with Crippen molar-refractivity contribution in [1.29, 1.82) is 0 Å². The maximum absolute atomic E-state index is 10.1. The van der Waals surface area contributed by atoms with Gasteiger partial charge in [-0.2, -0.15) is 0 Å². The number of aliphatic hydroxyl groups excluding tert-OH is 1. The first-order valence-electron chi connectivity index (χ1n) is 9.61. The number of halogens is 1. The normalized spacial score (nSPS) is 19.3. The van der Waals surface area contributed by atoms with Crippen molar-refractivity contribution in [1.82, 2.24) is 0 Å². The molecule has 1 fully saturated rings. The third-order valence-corrected chi connectivity index (χ3v) is 6.53. The van der Waals surface area contributed by atoms with E-state index in [0.717, 1.165) is 37.4 Å². The van der Waals surface area contributed by atoms with Gasteiger partial charge in [0.1, 0.15) is 0 Å². The Kier molecular flexibility index (Phi) is 17.5. The van der Waals surface area contributed by atoms with E-state index in [1.165, 1.54) is 35.9 Å². The number of thioether (sulfide) groups is 1. The van der Waals surface area contributed by atoms with Crippen LogP contribution in [0, 0.1) is 18.8 Å². The van der Waals surface area contributed by atoms with Gasteiger partial charge in [0.2, 0.25) is 0 Å². The second kappa shape index (κ2) is 18.1. The van der Waals surface area contributed by atoms with E-state index in [1.807, 2.05) is 24.4 Å². The van der Waals surface area contributed by atoms with Gasteiger partial charge in [-0.15, -0.1) is 47.5 Å². The Morgan fingerprint density at radius 2 is 2.18 bits per heavy atom. The highest BCUT2D eigenvalue weighted by molar-refractivity contribution is 7.99. The lowest BCUT2D eigenvalue weighted by atomic mass is 10.1. The molecule has 158 valence electrons. The zero-order chi connectivity index (χ0) is 21.2. The number of thiophene rings is 1. The van der Waals surface area contributed by atoms with E-state index in [4.69, 9.17) is 21.8 Å². The van der Waals surface area contributed by atoms with Gasteiger partial charge in [-0.1, -0.05) is 24.6 Å². The Balaban J connectivity index is 0.000000497. The van der Waals surface area contributed by atoms with Gasteiger partial charge in [-0.05, 0) is 62.8 Å². The van der Waals surface area contributed by atoms with Gasteiger partial charge in [0.05, 0.1) is 11.9 Å². The van der Waals surface area contributed by atoms with E-state index in [-0.39, 0.29) is 11.9 Å². The number of carbonyl (C=O) groups is 1. The molecule has 0 radical (unpaired) electrons. The van der Waals surface area contributed by atoms with Crippen LogP contribution in [0.15, 0.2) is 29.7 Å². The summed E-state index contributed by atoms with van der Waals surface area (Å²) >= 11 is 9.13. The largest absolute Gasteiger partial charge is 0.481 e. The van der Waals surface area contributed by atoms with E-state index in [9.17, 15) is 4.79 Å². The molecule has 6 heteroatoms. The first-order valence-corrected chi connectivity index (χ1v) is 12.1. The second-order valence-corrected chi connectivity index (χ2v) is 9.33. The van der Waals surface area contributed by atoms with Crippen LogP contribution in [0.3, 0.4) is 0 Å². The molecular formula is C22H33ClO3S2. The number of carboxylic acids is 1. The molecule has 0 amide bonds. The predicted octanol–water partition coefficient (Wildman–Crippen LogP) is 6.21. The summed E-state index contributed by atoms with van der Waals surface area (Å²) < 4.78 is 0. The number of hydrogen-bond donors (Lipinski definition) is 2. The molecule has 0 saturated heterocycles. The first kappa shape index (κ1) is 27.1. The molecule has 1 aromatic rings. The van der Waals surface area contributed by atoms with Crippen LogP contribution in [0.25, 0.3) is 0 Å². The van der Waals surface area contributed by atoms with E-state index in [2.05, 4.69) is 25.0 Å². The molecule has 28 heavy (non-hydrogen) atoms. The highest BCUT2D eigenvalue weighted by atomic mass is 35.5. The van der Waals surface area contributed by atoms with E-state index >= 15 is 0 Å². The van der Waals surface area contributed by atoms with Crippen molar-refractivity contribution in [2.45, 2.75) is 69.1 Å². The summed E-state index contributed by atoms with van der Waals surface area (Å²) in [4.78, 5) is 11.3. The fraction of sp³-hybridized carbons (Fsp3) is 0.591. The topological polar surface area (TPSA) is 57.5 Å². The first-order chi connectivity index (χ1) is 13.5. The van der Waals surface area contributed by atoms with Crippen molar-refractivity contribution >= 4 is 40.7 Å². The standard InChI is InChI=1S/C13H23ClO.C7H8O2S2.C2H2/c1-11(15)6-4-2-3-5-7-12-8-9-13(14)10-12;8-7(9)5-10-4-6-2-1-3-11-6;1-2/h5,7,11-13,15H,2-4,6,8-10H2,1H3;1-3H,4-5H2,(H,8,9);1-2H/b7-5+;;/t11-,12+,13-;;/m1../s1. The van der Waals surface area contributed by atoms with Gasteiger partial charge < -0.3 is 10.2 Å². The lowest BCUT2D eigenvalue weighted by molar-refractivity contribution is -0.133. The number of alkyl halides is 1. The minimum Gasteiger partial charge on any atom is -0.481 e. The van der Waals surface area contributed by atoms with Crippen molar-refractivity contribution in [3.63, 3.8) is 0 Å². The average molecular weight is 445 g/mol. The van der Waals surface area contributed by atoms with Crippen LogP contribution >= 0.6 is 34.7 Å². The van der Waals surface area contributed by atoms with Crippen LogP contribution in [0.5, 0.6) is 0 Å². The fourth-order valence-corrected chi connectivity index (χ4v) is 4.70. The summed E-state index contributed by atoms with van der Waals surface area (Å²) in [6.45, 7) is 1.86. The Hall–Kier alpha value is -0.930. The van der Waals surface area contributed by atoms with Crippen LogP contribution in [0.4, 0.5) is 0 Å². The summed E-state index contributed by atoms with van der Waals surface area (Å²) in [7, 11) is 0. The molecule has 3 atom stereocenters. The van der Waals surface area contributed by atoms with Crippen molar-refractivity contribution in [2.24, 2.45) is 5.92 Å². The molecule has 0 unspecified atom stereocenters. The Labute approximate surface area is 183 Å². The van der Waals surface area contributed by atoms with Gasteiger partial charge in [0.15, 0.2) is 0 Å². The summed E-state index contributed by atoms with van der Waals surface area (Å²) in [5, 5.41) is 19.8. The lowest BCUT2D eigenvalue weighted by Crippen LogP contribution is -1.97. The Morgan fingerprint density at radius 3 is 2.71 bits per heavy atom. The third-order valence-electron chi connectivity index (χ3n) is 4.11. The van der Waals surface area contributed by atoms with Crippen molar-refractivity contribution < 1.29 is 15.0 Å². The smallest absolute Gasteiger partial charge is 0.313 e. The number of aliphatic hydroxyl groups is 1. The SMILES string of the molecule is C#C.C[C@@H](O)CCCC/C=C/[C@H]1CC[C@@H](Cl)C1.O=C(O)CSCc1cccs1. The van der Waals surface area contributed by atoms with Crippen molar-refractivity contribution in [3.8, 4) is 12.8 Å². The van der Waals surface area contributed by atoms with Crippen LogP contribution in [-0.2, 0) is 10.5 Å². The maximum Gasteiger partial charge on any atom is 0.313 e. The van der Waals surface area contributed by atoms with Gasteiger partial charge >= 0.3 is 5.97 Å². The summed E-state index contributed by atoms with van der Waals surface area (Å²) in [5.74, 6) is 0.984. The number of carboxylic acid groups (broad SMARTS) is 1. The van der Waals surface area contributed by atoms with Crippen LogP contribution in [0.1, 0.15) is 56.7 Å². The molecule has 1 aliphatic rings. The molecule has 0 aliphatic heterocycles. The molecule has 3 nitrogen and oxygen atoms in total. The second-order valence-electron chi connectivity index (χ2n) is 6.70. The zero-order valence-electron chi connectivity index (χ0n) is 16.6. The minimum absolute atomic E-state index is 0.138. The van der Waals surface area contributed by atoms with Gasteiger partial charge in [0, 0.05) is 16.0 Å². The van der Waals surface area contributed by atoms with Crippen LogP contribution < -0.4 is 0 Å². The lowest BCUT2D eigenvalue weighted by Gasteiger charge is -2.03. The molecule has 0 spiro atoms. The highest BCUT2D eigenvalue weighted by Crippen LogP contribution is 2.30. The molecule has 1 aliphatic carbocycles. The van der Waals surface area contributed by atoms with Crippen LogP contribution in [0.2, 0.25) is 0 Å². The zero-order valence-corrected chi connectivity index (χ0v) is 19.0. The molecule has 0 bridgehead atoms. The molecule has 1 heterocycles. The molecule has 2 rings (SSSR count). The van der Waals surface area contributed by atoms with Crippen LogP contribution in [-0.4, -0.2) is 33.4 Å². The Morgan fingerprint density at radius 1 is 1.43 bits per heavy atom. The van der Waals surface area contributed by atoms with Gasteiger partial charge in [-0.25, -0.2) is 0 Å².